The maximum Gasteiger partial charge on any atom is 0.303 e. The van der Waals surface area contributed by atoms with Gasteiger partial charge >= 0.3 is 5.97 Å². The van der Waals surface area contributed by atoms with Crippen molar-refractivity contribution in [1.29, 1.82) is 0 Å². The molecule has 29 heavy (non-hydrogen) atoms. The number of carboxylic acids is 1. The zero-order chi connectivity index (χ0) is 21.0. The summed E-state index contributed by atoms with van der Waals surface area (Å²) in [5, 5.41) is 19.0. The van der Waals surface area contributed by atoms with Crippen LogP contribution in [-0.4, -0.2) is 41.3 Å². The van der Waals surface area contributed by atoms with Gasteiger partial charge in [-0.05, 0) is 43.9 Å². The van der Waals surface area contributed by atoms with E-state index in [0.29, 0.717) is 25.6 Å². The third kappa shape index (κ3) is 8.61. The Balaban J connectivity index is 1.76. The summed E-state index contributed by atoms with van der Waals surface area (Å²) in [6.45, 7) is 3.59. The summed E-state index contributed by atoms with van der Waals surface area (Å²) in [6.07, 6.45) is 19.3. The molecule has 2 unspecified atom stereocenters. The van der Waals surface area contributed by atoms with Crippen LogP contribution in [0.15, 0.2) is 24.3 Å². The number of ether oxygens (including phenoxy) is 2. The smallest absolute Gasteiger partial charge is 0.303 e. The molecule has 5 nitrogen and oxygen atoms in total. The summed E-state index contributed by atoms with van der Waals surface area (Å²) in [7, 11) is 0. The number of allylic oxidation sites excluding steroid dienone is 3. The lowest BCUT2D eigenvalue weighted by molar-refractivity contribution is -0.170. The fraction of sp³-hybridized carbons (Fsp3) is 0.792. The van der Waals surface area contributed by atoms with Crippen molar-refractivity contribution < 1.29 is 24.5 Å². The van der Waals surface area contributed by atoms with E-state index >= 15 is 0 Å². The number of aliphatic hydroxyl groups is 1. The van der Waals surface area contributed by atoms with Crippen molar-refractivity contribution in [1.82, 2.24) is 0 Å². The van der Waals surface area contributed by atoms with Gasteiger partial charge in [0.05, 0.1) is 19.3 Å². The monoisotopic (exact) mass is 408 g/mol. The second-order valence-corrected chi connectivity index (χ2v) is 8.51. The van der Waals surface area contributed by atoms with Gasteiger partial charge < -0.3 is 19.7 Å². The second-order valence-electron chi connectivity index (χ2n) is 8.51. The predicted molar refractivity (Wildman–Crippen MR) is 115 cm³/mol. The van der Waals surface area contributed by atoms with Crippen molar-refractivity contribution in [3.63, 3.8) is 0 Å². The molecule has 2 aliphatic rings. The van der Waals surface area contributed by atoms with Gasteiger partial charge in [-0.2, -0.15) is 0 Å². The van der Waals surface area contributed by atoms with E-state index in [1.54, 1.807) is 0 Å². The first-order valence-corrected chi connectivity index (χ1v) is 11.6. The zero-order valence-corrected chi connectivity index (χ0v) is 18.1. The fourth-order valence-corrected chi connectivity index (χ4v) is 4.46. The molecule has 0 amide bonds. The van der Waals surface area contributed by atoms with Crippen LogP contribution >= 0.6 is 0 Å². The molecule has 2 rings (SSSR count). The number of rotatable bonds is 15. The van der Waals surface area contributed by atoms with E-state index in [1.165, 1.54) is 25.7 Å². The van der Waals surface area contributed by atoms with E-state index in [4.69, 9.17) is 14.6 Å². The molecule has 0 radical (unpaired) electrons. The van der Waals surface area contributed by atoms with E-state index in [-0.39, 0.29) is 12.3 Å². The SMILES string of the molecule is CCCCCCCC1(CC[C@H]2C=CC(O)C2CC=CCCCC(=O)O)OCCO1. The van der Waals surface area contributed by atoms with Gasteiger partial charge in [-0.1, -0.05) is 56.9 Å². The number of aliphatic carboxylic acids is 1. The second kappa shape index (κ2) is 13.2. The Labute approximate surface area is 176 Å². The van der Waals surface area contributed by atoms with Gasteiger partial charge in [0.1, 0.15) is 0 Å². The van der Waals surface area contributed by atoms with Crippen LogP contribution in [0.3, 0.4) is 0 Å². The minimum absolute atomic E-state index is 0.189. The maximum atomic E-state index is 10.6. The molecule has 0 saturated carbocycles. The molecule has 0 spiro atoms. The lowest BCUT2D eigenvalue weighted by atomic mass is 9.85. The van der Waals surface area contributed by atoms with Gasteiger partial charge in [0, 0.05) is 19.3 Å². The van der Waals surface area contributed by atoms with Gasteiger partial charge in [0.2, 0.25) is 0 Å². The summed E-state index contributed by atoms with van der Waals surface area (Å²) < 4.78 is 12.1. The Morgan fingerprint density at radius 3 is 2.55 bits per heavy atom. The Morgan fingerprint density at radius 2 is 1.83 bits per heavy atom. The summed E-state index contributed by atoms with van der Waals surface area (Å²) >= 11 is 0. The summed E-state index contributed by atoms with van der Waals surface area (Å²) in [5.74, 6) is -0.651. The maximum absolute atomic E-state index is 10.6. The Bertz CT molecular complexity index is 521. The molecule has 5 heteroatoms. The quantitative estimate of drug-likeness (QED) is 0.286. The van der Waals surface area contributed by atoms with Crippen LogP contribution in [-0.2, 0) is 14.3 Å². The highest BCUT2D eigenvalue weighted by atomic mass is 16.7. The van der Waals surface area contributed by atoms with Crippen LogP contribution in [0.1, 0.15) is 84.0 Å². The number of carbonyl (C=O) groups is 1. The highest BCUT2D eigenvalue weighted by Gasteiger charge is 2.38. The minimum atomic E-state index is -0.746. The normalized spacial score (nSPS) is 25.9. The fourth-order valence-electron chi connectivity index (χ4n) is 4.46. The first-order chi connectivity index (χ1) is 14.1. The van der Waals surface area contributed by atoms with Crippen LogP contribution in [0.2, 0.25) is 0 Å². The molecule has 3 atom stereocenters. The molecular formula is C24H40O5. The standard InChI is InChI=1S/C24H40O5/c1-2-3-4-7-10-16-24(28-18-19-29-24)17-15-20-13-14-22(25)21(20)11-8-5-6-9-12-23(26)27/h5,8,13-14,20-22,25H,2-4,6-7,9-12,15-19H2,1H3,(H,26,27)/t20-,21?,22?/m1/s1. The Kier molecular flexibility index (Phi) is 11.0. The molecule has 1 aliphatic carbocycles. The minimum Gasteiger partial charge on any atom is -0.481 e. The average molecular weight is 409 g/mol. The molecule has 0 aromatic rings. The molecule has 166 valence electrons. The summed E-state index contributed by atoms with van der Waals surface area (Å²) in [5.41, 5.74) is 0. The molecule has 0 bridgehead atoms. The largest absolute Gasteiger partial charge is 0.481 e. The molecule has 0 aromatic heterocycles. The van der Waals surface area contributed by atoms with Crippen molar-refractivity contribution in [2.75, 3.05) is 13.2 Å². The van der Waals surface area contributed by atoms with Gasteiger partial charge in [0.15, 0.2) is 5.79 Å². The van der Waals surface area contributed by atoms with Crippen molar-refractivity contribution in [3.8, 4) is 0 Å². The molecule has 0 aromatic carbocycles. The van der Waals surface area contributed by atoms with Gasteiger partial charge in [-0.3, -0.25) is 4.79 Å². The van der Waals surface area contributed by atoms with Gasteiger partial charge in [0.25, 0.3) is 0 Å². The van der Waals surface area contributed by atoms with E-state index in [1.807, 2.05) is 12.2 Å². The molecule has 1 fully saturated rings. The van der Waals surface area contributed by atoms with Crippen LogP contribution in [0.4, 0.5) is 0 Å². The highest BCUT2D eigenvalue weighted by Crippen LogP contribution is 2.38. The lowest BCUT2D eigenvalue weighted by Gasteiger charge is -2.30. The molecule has 1 heterocycles. The summed E-state index contributed by atoms with van der Waals surface area (Å²) in [6, 6.07) is 0. The first-order valence-electron chi connectivity index (χ1n) is 11.6. The number of carboxylic acid groups (broad SMARTS) is 1. The molecule has 1 saturated heterocycles. The van der Waals surface area contributed by atoms with Gasteiger partial charge in [-0.25, -0.2) is 0 Å². The van der Waals surface area contributed by atoms with E-state index < -0.39 is 17.9 Å². The molecule has 1 aliphatic heterocycles. The van der Waals surface area contributed by atoms with Crippen LogP contribution in [0.5, 0.6) is 0 Å². The van der Waals surface area contributed by atoms with E-state index in [9.17, 15) is 9.90 Å². The topological polar surface area (TPSA) is 76.0 Å². The number of hydrogen-bond acceptors (Lipinski definition) is 4. The van der Waals surface area contributed by atoms with Crippen molar-refractivity contribution in [2.45, 2.75) is 95.9 Å². The Hall–Kier alpha value is -1.17. The van der Waals surface area contributed by atoms with Crippen molar-refractivity contribution in [3.05, 3.63) is 24.3 Å². The van der Waals surface area contributed by atoms with Crippen molar-refractivity contribution >= 4 is 5.97 Å². The lowest BCUT2D eigenvalue weighted by Crippen LogP contribution is -2.31. The molecule has 2 N–H and O–H groups in total. The highest BCUT2D eigenvalue weighted by molar-refractivity contribution is 5.66. The van der Waals surface area contributed by atoms with Gasteiger partial charge in [-0.15, -0.1) is 0 Å². The van der Waals surface area contributed by atoms with E-state index in [2.05, 4.69) is 19.1 Å². The van der Waals surface area contributed by atoms with E-state index in [0.717, 1.165) is 38.5 Å². The third-order valence-corrected chi connectivity index (χ3v) is 6.21. The van der Waals surface area contributed by atoms with Crippen LogP contribution in [0.25, 0.3) is 0 Å². The van der Waals surface area contributed by atoms with Crippen LogP contribution < -0.4 is 0 Å². The predicted octanol–water partition coefficient (Wildman–Crippen LogP) is 5.23. The zero-order valence-electron chi connectivity index (χ0n) is 18.1. The van der Waals surface area contributed by atoms with Crippen LogP contribution in [0, 0.1) is 11.8 Å². The third-order valence-electron chi connectivity index (χ3n) is 6.21. The number of unbranched alkanes of at least 4 members (excludes halogenated alkanes) is 5. The summed E-state index contributed by atoms with van der Waals surface area (Å²) in [4.78, 5) is 10.6. The molecular weight excluding hydrogens is 368 g/mol. The number of aliphatic hydroxyl groups excluding tert-OH is 1. The average Bonchev–Trinajstić information content (AvgIpc) is 3.30. The number of hydrogen-bond donors (Lipinski definition) is 2. The van der Waals surface area contributed by atoms with Crippen molar-refractivity contribution in [2.24, 2.45) is 11.8 Å². The Morgan fingerprint density at radius 1 is 1.07 bits per heavy atom. The first kappa shape index (κ1) is 24.1.